The van der Waals surface area contributed by atoms with Crippen molar-refractivity contribution < 1.29 is 14.4 Å². The van der Waals surface area contributed by atoms with Gasteiger partial charge in [-0.3, -0.25) is 4.90 Å². The van der Waals surface area contributed by atoms with Crippen LogP contribution < -0.4 is 4.74 Å². The summed E-state index contributed by atoms with van der Waals surface area (Å²) in [5.74, 6) is 1.76. The Balaban J connectivity index is 1.55. The predicted molar refractivity (Wildman–Crippen MR) is 97.8 cm³/mol. The largest absolute Gasteiger partial charge is 0.492 e. The minimum Gasteiger partial charge on any atom is -0.492 e. The zero-order valence-corrected chi connectivity index (χ0v) is 15.1. The van der Waals surface area contributed by atoms with E-state index in [9.17, 15) is 5.11 Å². The van der Waals surface area contributed by atoms with E-state index in [1.165, 1.54) is 0 Å². The van der Waals surface area contributed by atoms with Crippen molar-refractivity contribution in [1.82, 2.24) is 15.0 Å². The van der Waals surface area contributed by atoms with E-state index in [1.54, 1.807) is 6.92 Å². The third-order valence-electron chi connectivity index (χ3n) is 5.82. The second-order valence-corrected chi connectivity index (χ2v) is 7.37. The molecule has 2 atom stereocenters. The lowest BCUT2D eigenvalue weighted by molar-refractivity contribution is -0.146. The van der Waals surface area contributed by atoms with Crippen LogP contribution in [0.1, 0.15) is 25.1 Å². The molecule has 1 N–H and O–H groups in total. The summed E-state index contributed by atoms with van der Waals surface area (Å²) in [7, 11) is 0. The summed E-state index contributed by atoms with van der Waals surface area (Å²) in [6.45, 7) is 8.13. The van der Waals surface area contributed by atoms with Gasteiger partial charge in [-0.25, -0.2) is 0 Å². The number of piperidine rings is 3. The third-order valence-corrected chi connectivity index (χ3v) is 5.82. The SMILES string of the molecule is C=CCC1C(O)C2(COc3ccccc3-c3nc(C)no3)CCN1CC2. The second-order valence-electron chi connectivity index (χ2n) is 7.37. The van der Waals surface area contributed by atoms with Crippen molar-refractivity contribution >= 4 is 0 Å². The van der Waals surface area contributed by atoms with Crippen molar-refractivity contribution in [3.05, 3.63) is 42.7 Å². The van der Waals surface area contributed by atoms with Crippen molar-refractivity contribution in [3.8, 4) is 17.2 Å². The Morgan fingerprint density at radius 3 is 2.85 bits per heavy atom. The highest BCUT2D eigenvalue weighted by molar-refractivity contribution is 5.62. The normalized spacial score (nSPS) is 30.3. The molecule has 6 nitrogen and oxygen atoms in total. The van der Waals surface area contributed by atoms with Gasteiger partial charge >= 0.3 is 0 Å². The van der Waals surface area contributed by atoms with Crippen LogP contribution in [-0.4, -0.2) is 52.0 Å². The Labute approximate surface area is 153 Å². The number of aliphatic hydroxyl groups excluding tert-OH is 1. The molecule has 6 heteroatoms. The van der Waals surface area contributed by atoms with E-state index in [2.05, 4.69) is 21.6 Å². The molecule has 3 aliphatic rings. The summed E-state index contributed by atoms with van der Waals surface area (Å²) in [5.41, 5.74) is 0.579. The summed E-state index contributed by atoms with van der Waals surface area (Å²) in [6, 6.07) is 7.83. The van der Waals surface area contributed by atoms with Crippen molar-refractivity contribution in [3.63, 3.8) is 0 Å². The summed E-state index contributed by atoms with van der Waals surface area (Å²) in [6.07, 6.45) is 4.20. The topological polar surface area (TPSA) is 71.6 Å². The van der Waals surface area contributed by atoms with Crippen molar-refractivity contribution in [2.45, 2.75) is 38.3 Å². The number of aromatic nitrogens is 2. The number of para-hydroxylation sites is 1. The molecule has 3 fully saturated rings. The van der Waals surface area contributed by atoms with E-state index in [1.807, 2.05) is 30.3 Å². The second kappa shape index (κ2) is 6.85. The number of rotatable bonds is 6. The number of hydrogen-bond acceptors (Lipinski definition) is 6. The smallest absolute Gasteiger partial charge is 0.261 e. The zero-order valence-electron chi connectivity index (χ0n) is 15.1. The minimum atomic E-state index is -0.402. The van der Waals surface area contributed by atoms with Gasteiger partial charge in [0.1, 0.15) is 5.75 Å². The first-order valence-corrected chi connectivity index (χ1v) is 9.18. The first kappa shape index (κ1) is 17.2. The average Bonchev–Trinajstić information content (AvgIpc) is 3.10. The molecule has 3 saturated heterocycles. The molecule has 2 aromatic rings. The van der Waals surface area contributed by atoms with E-state index in [0.29, 0.717) is 24.1 Å². The number of nitrogens with zero attached hydrogens (tertiary/aromatic N) is 3. The Morgan fingerprint density at radius 2 is 2.15 bits per heavy atom. The van der Waals surface area contributed by atoms with Gasteiger partial charge in [0.05, 0.1) is 18.3 Å². The van der Waals surface area contributed by atoms with Crippen molar-refractivity contribution in [2.75, 3.05) is 19.7 Å². The highest BCUT2D eigenvalue weighted by atomic mass is 16.5. The van der Waals surface area contributed by atoms with Crippen LogP contribution in [0.15, 0.2) is 41.4 Å². The minimum absolute atomic E-state index is 0.146. The van der Waals surface area contributed by atoms with E-state index < -0.39 is 6.10 Å². The standard InChI is InChI=1S/C20H25N3O3/c1-3-6-16-18(24)20(9-11-23(16)12-10-20)13-25-17-8-5-4-7-15(17)19-21-14(2)22-26-19/h3-5,7-8,16,18,24H,1,6,9-13H2,2H3. The molecular weight excluding hydrogens is 330 g/mol. The lowest BCUT2D eigenvalue weighted by Gasteiger charge is -2.55. The Bertz CT molecular complexity index is 780. The van der Waals surface area contributed by atoms with Gasteiger partial charge in [0.2, 0.25) is 0 Å². The Kier molecular flexibility index (Phi) is 4.54. The monoisotopic (exact) mass is 355 g/mol. The zero-order chi connectivity index (χ0) is 18.1. The molecule has 26 heavy (non-hydrogen) atoms. The highest BCUT2D eigenvalue weighted by Crippen LogP contribution is 2.45. The van der Waals surface area contributed by atoms with E-state index in [4.69, 9.17) is 9.26 Å². The molecular formula is C20H25N3O3. The van der Waals surface area contributed by atoms with E-state index in [0.717, 1.165) is 37.9 Å². The van der Waals surface area contributed by atoms with Crippen LogP contribution in [0.5, 0.6) is 5.75 Å². The predicted octanol–water partition coefficient (Wildman–Crippen LogP) is 2.83. The molecule has 1 aromatic heterocycles. The van der Waals surface area contributed by atoms with Crippen LogP contribution >= 0.6 is 0 Å². The van der Waals surface area contributed by atoms with Crippen molar-refractivity contribution in [2.24, 2.45) is 5.41 Å². The van der Waals surface area contributed by atoms with E-state index >= 15 is 0 Å². The van der Waals surface area contributed by atoms with Gasteiger partial charge in [-0.05, 0) is 51.4 Å². The Morgan fingerprint density at radius 1 is 1.38 bits per heavy atom. The maximum atomic E-state index is 11.0. The molecule has 3 aliphatic heterocycles. The van der Waals surface area contributed by atoms with Crippen LogP contribution in [0.4, 0.5) is 0 Å². The van der Waals surface area contributed by atoms with Gasteiger partial charge in [-0.1, -0.05) is 23.4 Å². The maximum absolute atomic E-state index is 11.0. The fourth-order valence-corrected chi connectivity index (χ4v) is 4.28. The van der Waals surface area contributed by atoms with Crippen molar-refractivity contribution in [1.29, 1.82) is 0 Å². The van der Waals surface area contributed by atoms with Crippen LogP contribution in [-0.2, 0) is 0 Å². The lowest BCUT2D eigenvalue weighted by atomic mass is 9.66. The van der Waals surface area contributed by atoms with Gasteiger partial charge in [-0.15, -0.1) is 6.58 Å². The van der Waals surface area contributed by atoms with Crippen LogP contribution in [0.2, 0.25) is 0 Å². The molecule has 138 valence electrons. The molecule has 2 unspecified atom stereocenters. The molecule has 1 aromatic carbocycles. The van der Waals surface area contributed by atoms with Gasteiger partial charge < -0.3 is 14.4 Å². The third kappa shape index (κ3) is 2.93. The molecule has 0 aliphatic carbocycles. The number of hydrogen-bond donors (Lipinski definition) is 1. The Hall–Kier alpha value is -2.18. The van der Waals surface area contributed by atoms with Crippen LogP contribution in [0.3, 0.4) is 0 Å². The number of ether oxygens (including phenoxy) is 1. The first-order chi connectivity index (χ1) is 12.6. The van der Waals surface area contributed by atoms with Crippen LogP contribution in [0.25, 0.3) is 11.5 Å². The van der Waals surface area contributed by atoms with Gasteiger partial charge in [-0.2, -0.15) is 4.98 Å². The van der Waals surface area contributed by atoms with Crippen LogP contribution in [0, 0.1) is 12.3 Å². The lowest BCUT2D eigenvalue weighted by Crippen LogP contribution is -2.64. The molecule has 4 heterocycles. The van der Waals surface area contributed by atoms with Gasteiger partial charge in [0.25, 0.3) is 5.89 Å². The molecule has 0 saturated carbocycles. The number of aliphatic hydroxyl groups is 1. The summed E-state index contributed by atoms with van der Waals surface area (Å²) < 4.78 is 11.5. The average molecular weight is 355 g/mol. The van der Waals surface area contributed by atoms with Gasteiger partial charge in [0.15, 0.2) is 5.82 Å². The number of benzene rings is 1. The summed E-state index contributed by atoms with van der Waals surface area (Å²) in [5, 5.41) is 14.9. The summed E-state index contributed by atoms with van der Waals surface area (Å²) in [4.78, 5) is 6.69. The first-order valence-electron chi connectivity index (χ1n) is 9.18. The van der Waals surface area contributed by atoms with E-state index in [-0.39, 0.29) is 11.5 Å². The molecule has 0 spiro atoms. The number of aryl methyl sites for hydroxylation is 1. The highest BCUT2D eigenvalue weighted by Gasteiger charge is 2.51. The fourth-order valence-electron chi connectivity index (χ4n) is 4.28. The van der Waals surface area contributed by atoms with Gasteiger partial charge in [0, 0.05) is 11.5 Å². The molecule has 0 amide bonds. The molecule has 0 radical (unpaired) electrons. The fraction of sp³-hybridized carbons (Fsp3) is 0.500. The molecule has 2 bridgehead atoms. The number of fused-ring (bicyclic) bond motifs is 3. The molecule has 5 rings (SSSR count). The quantitative estimate of drug-likeness (QED) is 0.804. The maximum Gasteiger partial charge on any atom is 0.261 e. The summed E-state index contributed by atoms with van der Waals surface area (Å²) >= 11 is 0.